The van der Waals surface area contributed by atoms with Crippen LogP contribution in [0, 0.1) is 23.4 Å². The molecule has 1 aromatic carbocycles. The van der Waals surface area contributed by atoms with E-state index in [1.807, 2.05) is 0 Å². The predicted octanol–water partition coefficient (Wildman–Crippen LogP) is 3.51. The van der Waals surface area contributed by atoms with Crippen molar-refractivity contribution in [3.8, 4) is 0 Å². The molecule has 1 amide bonds. The average molecular weight is 546 g/mol. The summed E-state index contributed by atoms with van der Waals surface area (Å²) in [7, 11) is 0. The van der Waals surface area contributed by atoms with Crippen LogP contribution < -0.4 is 10.6 Å². The van der Waals surface area contributed by atoms with Gasteiger partial charge in [-0.05, 0) is 38.5 Å². The van der Waals surface area contributed by atoms with Crippen molar-refractivity contribution >= 4 is 34.7 Å². The summed E-state index contributed by atoms with van der Waals surface area (Å²) >= 11 is 0. The zero-order chi connectivity index (χ0) is 27.1. The summed E-state index contributed by atoms with van der Waals surface area (Å²) in [6.07, 6.45) is 5.46. The zero-order valence-electron chi connectivity index (χ0n) is 21.2. The Balaban J connectivity index is 1.20. The van der Waals surface area contributed by atoms with Gasteiger partial charge in [0, 0.05) is 43.8 Å². The van der Waals surface area contributed by atoms with E-state index in [9.17, 15) is 23.1 Å². The normalized spacial score (nSPS) is 25.4. The summed E-state index contributed by atoms with van der Waals surface area (Å²) in [6, 6.07) is 1.13. The molecule has 2 aliphatic heterocycles. The highest BCUT2D eigenvalue weighted by atomic mass is 19.1. The molecule has 3 aliphatic rings. The number of hydrogen-bond acceptors (Lipinski definition) is 8. The van der Waals surface area contributed by atoms with Crippen molar-refractivity contribution < 1.29 is 27.8 Å². The van der Waals surface area contributed by atoms with E-state index >= 15 is 0 Å². The number of nitrogens with zero attached hydrogens (tertiary/aromatic N) is 5. The number of β-amino-alcohol motifs (C(OH)–C–C–N with tert-alkyl or cyclic N) is 1. The maximum Gasteiger partial charge on any atom is 0.225 e. The van der Waals surface area contributed by atoms with E-state index in [1.165, 1.54) is 0 Å². The van der Waals surface area contributed by atoms with Crippen LogP contribution in [0.25, 0.3) is 11.2 Å². The molecule has 2 saturated heterocycles. The molecule has 208 valence electrons. The van der Waals surface area contributed by atoms with Crippen LogP contribution in [-0.2, 0) is 9.53 Å². The van der Waals surface area contributed by atoms with Crippen LogP contribution in [0.15, 0.2) is 18.3 Å². The number of imidazole rings is 1. The predicted molar refractivity (Wildman–Crippen MR) is 136 cm³/mol. The third-order valence-electron chi connectivity index (χ3n) is 7.83. The van der Waals surface area contributed by atoms with E-state index in [2.05, 4.69) is 20.6 Å². The molecule has 0 bridgehead atoms. The molecular formula is C26H30F3N7O3. The second-order valence-corrected chi connectivity index (χ2v) is 10.5. The molecular weight excluding hydrogens is 515 g/mol. The average Bonchev–Trinajstić information content (AvgIpc) is 3.66. The molecule has 0 spiro atoms. The SMILES string of the molecule is O=C(C1CCC(Nc2ncc3nc(Nc4c(F)cc(F)cc4F)n(C4CCOC4)c3n2)CC1)N1CC[C@@H](O)C1. The number of carbonyl (C=O) groups is 1. The first-order valence-corrected chi connectivity index (χ1v) is 13.3. The number of amides is 1. The smallest absolute Gasteiger partial charge is 0.225 e. The van der Waals surface area contributed by atoms with Crippen LogP contribution in [0.3, 0.4) is 0 Å². The number of hydrogen-bond donors (Lipinski definition) is 3. The molecule has 3 N–H and O–H groups in total. The van der Waals surface area contributed by atoms with Crippen molar-refractivity contribution in [1.82, 2.24) is 24.4 Å². The van der Waals surface area contributed by atoms with Crippen molar-refractivity contribution in [3.05, 3.63) is 35.8 Å². The molecule has 0 radical (unpaired) electrons. The maximum atomic E-state index is 14.4. The lowest BCUT2D eigenvalue weighted by atomic mass is 9.85. The highest BCUT2D eigenvalue weighted by Crippen LogP contribution is 2.33. The Labute approximate surface area is 222 Å². The standard InChI is InChI=1S/C26H30F3N7O3/c27-15-9-19(28)22(20(29)10-15)33-26-32-21-11-30-25(34-23(21)36(26)17-6-8-39-13-17)31-16-3-1-14(2-4-16)24(38)35-7-5-18(37)12-35/h9-11,14,16-18,37H,1-8,12-13H2,(H,32,33)(H,30,31,34)/t14?,16?,17?,18-/m1/s1. The fourth-order valence-corrected chi connectivity index (χ4v) is 5.76. The van der Waals surface area contributed by atoms with Crippen LogP contribution in [-0.4, -0.2) is 73.9 Å². The van der Waals surface area contributed by atoms with Gasteiger partial charge in [-0.2, -0.15) is 4.98 Å². The molecule has 39 heavy (non-hydrogen) atoms. The van der Waals surface area contributed by atoms with E-state index in [4.69, 9.17) is 9.72 Å². The van der Waals surface area contributed by atoms with Crippen molar-refractivity contribution in [2.45, 2.75) is 56.7 Å². The molecule has 3 fully saturated rings. The topological polar surface area (TPSA) is 117 Å². The molecule has 2 aromatic heterocycles. The van der Waals surface area contributed by atoms with Gasteiger partial charge in [-0.15, -0.1) is 0 Å². The molecule has 1 unspecified atom stereocenters. The van der Waals surface area contributed by atoms with Crippen molar-refractivity contribution in [2.75, 3.05) is 36.9 Å². The van der Waals surface area contributed by atoms with Crippen molar-refractivity contribution in [3.63, 3.8) is 0 Å². The fraction of sp³-hybridized carbons (Fsp3) is 0.538. The number of halogens is 3. The molecule has 1 saturated carbocycles. The molecule has 4 heterocycles. The highest BCUT2D eigenvalue weighted by Gasteiger charge is 2.33. The van der Waals surface area contributed by atoms with Gasteiger partial charge in [0.25, 0.3) is 0 Å². The third-order valence-corrected chi connectivity index (χ3v) is 7.83. The molecule has 13 heteroatoms. The number of nitrogens with one attached hydrogen (secondary N) is 2. The van der Waals surface area contributed by atoms with Gasteiger partial charge < -0.3 is 25.4 Å². The number of anilines is 3. The molecule has 2 atom stereocenters. The van der Waals surface area contributed by atoms with Crippen LogP contribution in [0.5, 0.6) is 0 Å². The van der Waals surface area contributed by atoms with E-state index < -0.39 is 29.2 Å². The number of rotatable bonds is 6. The quantitative estimate of drug-likeness (QED) is 0.431. The molecule has 6 rings (SSSR count). The summed E-state index contributed by atoms with van der Waals surface area (Å²) in [6.45, 7) is 1.94. The van der Waals surface area contributed by atoms with E-state index in [1.54, 1.807) is 15.7 Å². The van der Waals surface area contributed by atoms with Gasteiger partial charge in [-0.1, -0.05) is 0 Å². The number of aliphatic hydroxyl groups excluding tert-OH is 1. The Morgan fingerprint density at radius 2 is 1.82 bits per heavy atom. The van der Waals surface area contributed by atoms with E-state index in [-0.39, 0.29) is 29.9 Å². The largest absolute Gasteiger partial charge is 0.391 e. The summed E-state index contributed by atoms with van der Waals surface area (Å²) in [5.41, 5.74) is 0.401. The van der Waals surface area contributed by atoms with Crippen LogP contribution >= 0.6 is 0 Å². The van der Waals surface area contributed by atoms with Gasteiger partial charge in [0.1, 0.15) is 17.0 Å². The number of aromatic nitrogens is 4. The zero-order valence-corrected chi connectivity index (χ0v) is 21.2. The van der Waals surface area contributed by atoms with Gasteiger partial charge in [0.15, 0.2) is 17.3 Å². The van der Waals surface area contributed by atoms with Gasteiger partial charge >= 0.3 is 0 Å². The third kappa shape index (κ3) is 5.24. The Kier molecular flexibility index (Phi) is 7.02. The minimum absolute atomic E-state index is 0.0403. The Morgan fingerprint density at radius 3 is 2.49 bits per heavy atom. The highest BCUT2D eigenvalue weighted by molar-refractivity contribution is 5.79. The summed E-state index contributed by atoms with van der Waals surface area (Å²) in [5.74, 6) is -2.52. The van der Waals surface area contributed by atoms with Crippen molar-refractivity contribution in [2.24, 2.45) is 5.92 Å². The van der Waals surface area contributed by atoms with Crippen LogP contribution in [0.2, 0.25) is 0 Å². The fourth-order valence-electron chi connectivity index (χ4n) is 5.76. The molecule has 10 nitrogen and oxygen atoms in total. The summed E-state index contributed by atoms with van der Waals surface area (Å²) in [5, 5.41) is 15.8. The number of likely N-dealkylation sites (tertiary alicyclic amines) is 1. The van der Waals surface area contributed by atoms with Crippen molar-refractivity contribution in [1.29, 1.82) is 0 Å². The van der Waals surface area contributed by atoms with E-state index in [0.717, 1.165) is 25.7 Å². The Morgan fingerprint density at radius 1 is 1.05 bits per heavy atom. The van der Waals surface area contributed by atoms with Gasteiger partial charge in [0.05, 0.1) is 24.9 Å². The number of aliphatic hydroxyl groups is 1. The van der Waals surface area contributed by atoms with Crippen LogP contribution in [0.4, 0.5) is 30.8 Å². The molecule has 1 aliphatic carbocycles. The van der Waals surface area contributed by atoms with Crippen LogP contribution in [0.1, 0.15) is 44.6 Å². The lowest BCUT2D eigenvalue weighted by Crippen LogP contribution is -2.38. The van der Waals surface area contributed by atoms with Gasteiger partial charge in [0.2, 0.25) is 17.8 Å². The van der Waals surface area contributed by atoms with Gasteiger partial charge in [-0.25, -0.2) is 23.1 Å². The summed E-state index contributed by atoms with van der Waals surface area (Å²) < 4.78 is 49.5. The minimum atomic E-state index is -1.07. The van der Waals surface area contributed by atoms with Gasteiger partial charge in [-0.3, -0.25) is 9.36 Å². The minimum Gasteiger partial charge on any atom is -0.391 e. The number of benzene rings is 1. The lowest BCUT2D eigenvalue weighted by Gasteiger charge is -2.30. The first kappa shape index (κ1) is 25.8. The monoisotopic (exact) mass is 545 g/mol. The lowest BCUT2D eigenvalue weighted by molar-refractivity contribution is -0.135. The van der Waals surface area contributed by atoms with E-state index in [0.29, 0.717) is 68.4 Å². The Bertz CT molecular complexity index is 1350. The number of fused-ring (bicyclic) bond motifs is 1. The second-order valence-electron chi connectivity index (χ2n) is 10.5. The first-order chi connectivity index (χ1) is 18.9. The number of carbonyl (C=O) groups excluding carboxylic acids is 1. The second kappa shape index (κ2) is 10.6. The Hall–Kier alpha value is -3.45. The molecule has 3 aromatic rings. The number of ether oxygens (including phenoxy) is 1. The first-order valence-electron chi connectivity index (χ1n) is 13.3. The summed E-state index contributed by atoms with van der Waals surface area (Å²) in [4.78, 5) is 28.1. The maximum absolute atomic E-state index is 14.4.